The summed E-state index contributed by atoms with van der Waals surface area (Å²) < 4.78 is 0. The molecule has 3 nitrogen and oxygen atoms in total. The molecule has 10 heavy (non-hydrogen) atoms. The van der Waals surface area contributed by atoms with Crippen LogP contribution in [0.15, 0.2) is 0 Å². The number of carbonyl (C=O) groups is 1. The zero-order valence-corrected chi connectivity index (χ0v) is 6.34. The van der Waals surface area contributed by atoms with Crippen LogP contribution in [0.3, 0.4) is 0 Å². The van der Waals surface area contributed by atoms with Crippen molar-refractivity contribution < 1.29 is 9.90 Å². The van der Waals surface area contributed by atoms with E-state index in [9.17, 15) is 4.79 Å². The molecule has 1 atom stereocenters. The van der Waals surface area contributed by atoms with Gasteiger partial charge in [0, 0.05) is 13.0 Å². The van der Waals surface area contributed by atoms with Crippen molar-refractivity contribution >= 4 is 6.29 Å². The summed E-state index contributed by atoms with van der Waals surface area (Å²) in [7, 11) is 0. The van der Waals surface area contributed by atoms with E-state index in [1.807, 2.05) is 0 Å². The highest BCUT2D eigenvalue weighted by atomic mass is 16.3. The Morgan fingerprint density at radius 1 is 1.70 bits per heavy atom. The second kappa shape index (κ2) is 6.71. The average molecular weight is 145 g/mol. The van der Waals surface area contributed by atoms with Gasteiger partial charge in [-0.2, -0.15) is 0 Å². The molecule has 0 heterocycles. The summed E-state index contributed by atoms with van der Waals surface area (Å²) >= 11 is 0. The normalized spacial score (nSPS) is 13.0. The number of carbonyl (C=O) groups excluding carboxylic acids is 1. The van der Waals surface area contributed by atoms with E-state index in [1.54, 1.807) is 6.92 Å². The SMILES string of the molecule is CC(O)CNCCCC=O. The maximum atomic E-state index is 9.82. The minimum absolute atomic E-state index is 0.295. The van der Waals surface area contributed by atoms with E-state index < -0.39 is 0 Å². The van der Waals surface area contributed by atoms with Crippen LogP contribution in [0.4, 0.5) is 0 Å². The van der Waals surface area contributed by atoms with Gasteiger partial charge >= 0.3 is 0 Å². The molecule has 3 heteroatoms. The van der Waals surface area contributed by atoms with Crippen LogP contribution in [0, 0.1) is 0 Å². The number of unbranched alkanes of at least 4 members (excludes halogenated alkanes) is 1. The zero-order chi connectivity index (χ0) is 7.82. The molecule has 0 bridgehead atoms. The summed E-state index contributed by atoms with van der Waals surface area (Å²) in [6.07, 6.45) is 2.07. The molecule has 0 aliphatic heterocycles. The predicted octanol–water partition coefficient (Wildman–Crippen LogP) is -0.0641. The smallest absolute Gasteiger partial charge is 0.120 e. The Morgan fingerprint density at radius 3 is 2.90 bits per heavy atom. The lowest BCUT2D eigenvalue weighted by atomic mass is 10.3. The number of hydrogen-bond acceptors (Lipinski definition) is 3. The lowest BCUT2D eigenvalue weighted by molar-refractivity contribution is -0.107. The number of nitrogens with one attached hydrogen (secondary N) is 1. The van der Waals surface area contributed by atoms with Crippen molar-refractivity contribution in [3.63, 3.8) is 0 Å². The van der Waals surface area contributed by atoms with Gasteiger partial charge in [0.15, 0.2) is 0 Å². The highest BCUT2D eigenvalue weighted by Gasteiger charge is 1.92. The van der Waals surface area contributed by atoms with Gasteiger partial charge in [-0.3, -0.25) is 0 Å². The Hall–Kier alpha value is -0.410. The monoisotopic (exact) mass is 145 g/mol. The Balaban J connectivity index is 2.83. The van der Waals surface area contributed by atoms with Crippen molar-refractivity contribution in [2.75, 3.05) is 13.1 Å². The molecule has 0 fully saturated rings. The summed E-state index contributed by atoms with van der Waals surface area (Å²) in [5.41, 5.74) is 0. The first-order valence-corrected chi connectivity index (χ1v) is 3.59. The molecular formula is C7H15NO2. The number of aliphatic hydroxyl groups is 1. The minimum Gasteiger partial charge on any atom is -0.392 e. The van der Waals surface area contributed by atoms with Crippen molar-refractivity contribution in [3.8, 4) is 0 Å². The number of hydrogen-bond donors (Lipinski definition) is 2. The van der Waals surface area contributed by atoms with E-state index in [1.165, 1.54) is 0 Å². The molecule has 0 aromatic rings. The maximum absolute atomic E-state index is 9.82. The first-order chi connectivity index (χ1) is 4.77. The average Bonchev–Trinajstić information content (AvgIpc) is 1.87. The molecule has 0 saturated heterocycles. The first-order valence-electron chi connectivity index (χ1n) is 3.59. The highest BCUT2D eigenvalue weighted by Crippen LogP contribution is 1.81. The summed E-state index contributed by atoms with van der Waals surface area (Å²) in [5.74, 6) is 0. The van der Waals surface area contributed by atoms with Crippen molar-refractivity contribution in [3.05, 3.63) is 0 Å². The van der Waals surface area contributed by atoms with Crippen molar-refractivity contribution in [2.24, 2.45) is 0 Å². The number of aldehydes is 1. The highest BCUT2D eigenvalue weighted by molar-refractivity contribution is 5.48. The lowest BCUT2D eigenvalue weighted by Gasteiger charge is -2.04. The van der Waals surface area contributed by atoms with Gasteiger partial charge in [0.05, 0.1) is 6.10 Å². The quantitative estimate of drug-likeness (QED) is 0.406. The van der Waals surface area contributed by atoms with E-state index in [0.29, 0.717) is 13.0 Å². The molecule has 0 amide bonds. The fourth-order valence-corrected chi connectivity index (χ4v) is 0.621. The third-order valence-electron chi connectivity index (χ3n) is 1.12. The summed E-state index contributed by atoms with van der Waals surface area (Å²) in [5, 5.41) is 11.8. The van der Waals surface area contributed by atoms with Gasteiger partial charge in [-0.05, 0) is 19.9 Å². The van der Waals surface area contributed by atoms with Gasteiger partial charge < -0.3 is 15.2 Å². The second-order valence-corrected chi connectivity index (χ2v) is 2.36. The van der Waals surface area contributed by atoms with Crippen LogP contribution < -0.4 is 5.32 Å². The van der Waals surface area contributed by atoms with E-state index in [-0.39, 0.29) is 6.10 Å². The van der Waals surface area contributed by atoms with Gasteiger partial charge in [0.1, 0.15) is 6.29 Å². The second-order valence-electron chi connectivity index (χ2n) is 2.36. The van der Waals surface area contributed by atoms with E-state index >= 15 is 0 Å². The molecule has 0 aromatic carbocycles. The summed E-state index contributed by atoms with van der Waals surface area (Å²) in [6, 6.07) is 0. The molecule has 0 spiro atoms. The van der Waals surface area contributed by atoms with Gasteiger partial charge in [0.2, 0.25) is 0 Å². The Labute approximate surface area is 61.4 Å². The Bertz CT molecular complexity index is 83.7. The fourth-order valence-electron chi connectivity index (χ4n) is 0.621. The molecule has 0 radical (unpaired) electrons. The van der Waals surface area contributed by atoms with E-state index in [2.05, 4.69) is 5.32 Å². The zero-order valence-electron chi connectivity index (χ0n) is 6.34. The van der Waals surface area contributed by atoms with E-state index in [4.69, 9.17) is 5.11 Å². The minimum atomic E-state index is -0.295. The molecule has 0 aliphatic rings. The van der Waals surface area contributed by atoms with Crippen LogP contribution in [0.25, 0.3) is 0 Å². The maximum Gasteiger partial charge on any atom is 0.120 e. The van der Waals surface area contributed by atoms with Gasteiger partial charge in [-0.25, -0.2) is 0 Å². The van der Waals surface area contributed by atoms with Gasteiger partial charge in [-0.15, -0.1) is 0 Å². The number of aliphatic hydroxyl groups excluding tert-OH is 1. The molecule has 0 aromatic heterocycles. The predicted molar refractivity (Wildman–Crippen MR) is 39.8 cm³/mol. The molecule has 0 rings (SSSR count). The molecule has 0 saturated carbocycles. The van der Waals surface area contributed by atoms with Crippen LogP contribution in [0.1, 0.15) is 19.8 Å². The van der Waals surface area contributed by atoms with Crippen LogP contribution in [0.2, 0.25) is 0 Å². The van der Waals surface area contributed by atoms with E-state index in [0.717, 1.165) is 19.3 Å². The molecule has 60 valence electrons. The van der Waals surface area contributed by atoms with Gasteiger partial charge in [0.25, 0.3) is 0 Å². The Kier molecular flexibility index (Phi) is 6.43. The first kappa shape index (κ1) is 9.59. The third-order valence-corrected chi connectivity index (χ3v) is 1.12. The molecule has 2 N–H and O–H groups in total. The molecule has 0 aliphatic carbocycles. The standard InChI is InChI=1S/C7H15NO2/c1-7(10)6-8-4-2-3-5-9/h5,7-8,10H,2-4,6H2,1H3. The molecular weight excluding hydrogens is 130 g/mol. The van der Waals surface area contributed by atoms with Crippen LogP contribution in [-0.4, -0.2) is 30.6 Å². The largest absolute Gasteiger partial charge is 0.392 e. The van der Waals surface area contributed by atoms with Crippen LogP contribution in [0.5, 0.6) is 0 Å². The van der Waals surface area contributed by atoms with Crippen molar-refractivity contribution in [1.29, 1.82) is 0 Å². The van der Waals surface area contributed by atoms with Crippen molar-refractivity contribution in [1.82, 2.24) is 5.32 Å². The fraction of sp³-hybridized carbons (Fsp3) is 0.857. The van der Waals surface area contributed by atoms with Gasteiger partial charge in [-0.1, -0.05) is 0 Å². The third kappa shape index (κ3) is 7.59. The number of rotatable bonds is 6. The summed E-state index contributed by atoms with van der Waals surface area (Å²) in [4.78, 5) is 9.82. The van der Waals surface area contributed by atoms with Crippen molar-refractivity contribution in [2.45, 2.75) is 25.9 Å². The van der Waals surface area contributed by atoms with Crippen LogP contribution >= 0.6 is 0 Å². The van der Waals surface area contributed by atoms with Crippen LogP contribution in [-0.2, 0) is 4.79 Å². The summed E-state index contributed by atoms with van der Waals surface area (Å²) in [6.45, 7) is 3.15. The lowest BCUT2D eigenvalue weighted by Crippen LogP contribution is -2.25. The topological polar surface area (TPSA) is 49.3 Å². The Morgan fingerprint density at radius 2 is 2.40 bits per heavy atom. The molecule has 1 unspecified atom stereocenters.